The molecule has 0 amide bonds. The first-order valence-corrected chi connectivity index (χ1v) is 4.59. The molecule has 0 spiro atoms. The van der Waals surface area contributed by atoms with Gasteiger partial charge in [-0.1, -0.05) is 12.2 Å². The van der Waals surface area contributed by atoms with E-state index in [0.717, 1.165) is 18.4 Å². The fourth-order valence-electron chi connectivity index (χ4n) is 1.56. The Balaban J connectivity index is 2.55. The summed E-state index contributed by atoms with van der Waals surface area (Å²) in [5, 5.41) is 0. The van der Waals surface area contributed by atoms with Crippen molar-refractivity contribution in [1.29, 1.82) is 0 Å². The highest BCUT2D eigenvalue weighted by Gasteiger charge is 2.15. The zero-order valence-corrected chi connectivity index (χ0v) is 8.12. The number of hydrogen-bond acceptors (Lipinski definition) is 0. The first-order chi connectivity index (χ1) is 5.66. The van der Waals surface area contributed by atoms with Gasteiger partial charge in [0.05, 0.1) is 4.47 Å². The fourth-order valence-corrected chi connectivity index (χ4v) is 1.95. The van der Waals surface area contributed by atoms with Crippen molar-refractivity contribution in [2.24, 2.45) is 0 Å². The second-order valence-corrected chi connectivity index (χ2v) is 3.99. The van der Waals surface area contributed by atoms with E-state index in [4.69, 9.17) is 0 Å². The molecule has 2 rings (SSSR count). The molecule has 0 atom stereocenters. The van der Waals surface area contributed by atoms with Crippen LogP contribution in [0.4, 0.5) is 4.39 Å². The van der Waals surface area contributed by atoms with Crippen LogP contribution in [-0.4, -0.2) is 0 Å². The smallest absolute Gasteiger partial charge is 0.137 e. The molecule has 12 heavy (non-hydrogen) atoms. The van der Waals surface area contributed by atoms with Crippen molar-refractivity contribution in [3.63, 3.8) is 0 Å². The molecular formula is C10H8BrF. The molecule has 0 saturated heterocycles. The van der Waals surface area contributed by atoms with Crippen LogP contribution in [0.2, 0.25) is 0 Å². The Morgan fingerprint density at radius 3 is 2.50 bits per heavy atom. The number of hydrogen-bond donors (Lipinski definition) is 0. The summed E-state index contributed by atoms with van der Waals surface area (Å²) in [6, 6.07) is 3.44. The zero-order valence-electron chi connectivity index (χ0n) is 6.53. The van der Waals surface area contributed by atoms with E-state index in [1.54, 1.807) is 6.07 Å². The molecule has 1 aliphatic rings. The average Bonchev–Trinajstić information content (AvgIpc) is 2.30. The van der Waals surface area contributed by atoms with E-state index in [1.807, 2.05) is 6.07 Å². The second kappa shape index (κ2) is 2.70. The molecule has 1 aliphatic carbocycles. The molecule has 0 aromatic heterocycles. The first-order valence-electron chi connectivity index (χ1n) is 3.80. The molecule has 0 nitrogen and oxygen atoms in total. The van der Waals surface area contributed by atoms with Crippen LogP contribution < -0.4 is 0 Å². The maximum absolute atomic E-state index is 13.0. The molecule has 0 fully saturated rings. The second-order valence-electron chi connectivity index (χ2n) is 3.14. The van der Waals surface area contributed by atoms with Crippen LogP contribution in [0.1, 0.15) is 11.1 Å². The lowest BCUT2D eigenvalue weighted by atomic mass is 10.1. The third kappa shape index (κ3) is 1.20. The predicted molar refractivity (Wildman–Crippen MR) is 50.6 cm³/mol. The van der Waals surface area contributed by atoms with Gasteiger partial charge in [-0.3, -0.25) is 0 Å². The fraction of sp³-hybridized carbons (Fsp3) is 0.200. The Hall–Kier alpha value is -0.630. The van der Waals surface area contributed by atoms with Gasteiger partial charge in [0.25, 0.3) is 0 Å². The molecule has 0 heterocycles. The minimum absolute atomic E-state index is 0.177. The number of rotatable bonds is 0. The molecule has 0 radical (unpaired) electrons. The average molecular weight is 227 g/mol. The van der Waals surface area contributed by atoms with Crippen LogP contribution in [0, 0.1) is 5.82 Å². The summed E-state index contributed by atoms with van der Waals surface area (Å²) in [5.74, 6) is -0.177. The highest BCUT2D eigenvalue weighted by molar-refractivity contribution is 9.10. The van der Waals surface area contributed by atoms with Crippen molar-refractivity contribution < 1.29 is 4.39 Å². The predicted octanol–water partition coefficient (Wildman–Crippen LogP) is 3.24. The van der Waals surface area contributed by atoms with E-state index >= 15 is 0 Å². The zero-order chi connectivity index (χ0) is 8.72. The molecule has 1 aromatic rings. The van der Waals surface area contributed by atoms with Crippen LogP contribution >= 0.6 is 15.9 Å². The Morgan fingerprint density at radius 2 is 1.83 bits per heavy atom. The van der Waals surface area contributed by atoms with Gasteiger partial charge in [0, 0.05) is 0 Å². The Bertz CT molecular complexity index is 322. The molecule has 0 saturated carbocycles. The van der Waals surface area contributed by atoms with Crippen LogP contribution in [0.15, 0.2) is 28.8 Å². The van der Waals surface area contributed by atoms with Crippen LogP contribution in [0.5, 0.6) is 0 Å². The summed E-state index contributed by atoms with van der Waals surface area (Å²) in [6.07, 6.45) is 1.73. The van der Waals surface area contributed by atoms with Gasteiger partial charge in [-0.05, 0) is 52.0 Å². The third-order valence-corrected chi connectivity index (χ3v) is 2.73. The van der Waals surface area contributed by atoms with Crippen molar-refractivity contribution in [1.82, 2.24) is 0 Å². The highest BCUT2D eigenvalue weighted by Crippen LogP contribution is 2.29. The van der Waals surface area contributed by atoms with E-state index in [2.05, 4.69) is 22.5 Å². The van der Waals surface area contributed by atoms with Gasteiger partial charge in [0.15, 0.2) is 0 Å². The molecule has 0 unspecified atom stereocenters. The normalized spacial score (nSPS) is 15.0. The SMILES string of the molecule is C=C1Cc2cc(F)c(Br)cc2C1. The molecule has 0 N–H and O–H groups in total. The Labute approximate surface area is 79.2 Å². The Kier molecular flexibility index (Phi) is 1.80. The molecule has 0 bridgehead atoms. The standard InChI is InChI=1S/C10H8BrF/c1-6-2-7-4-9(11)10(12)5-8(7)3-6/h4-5H,1-3H2. The highest BCUT2D eigenvalue weighted by atomic mass is 79.9. The maximum Gasteiger partial charge on any atom is 0.137 e. The number of allylic oxidation sites excluding steroid dienone is 1. The molecule has 2 heteroatoms. The van der Waals surface area contributed by atoms with Gasteiger partial charge in [-0.25, -0.2) is 4.39 Å². The summed E-state index contributed by atoms with van der Waals surface area (Å²) < 4.78 is 13.6. The van der Waals surface area contributed by atoms with Crippen molar-refractivity contribution in [3.8, 4) is 0 Å². The first kappa shape index (κ1) is 7.99. The lowest BCUT2D eigenvalue weighted by molar-refractivity contribution is 0.619. The van der Waals surface area contributed by atoms with E-state index < -0.39 is 0 Å². The number of benzene rings is 1. The van der Waals surface area contributed by atoms with E-state index in [0.29, 0.717) is 4.47 Å². The minimum Gasteiger partial charge on any atom is -0.206 e. The topological polar surface area (TPSA) is 0 Å². The summed E-state index contributed by atoms with van der Waals surface area (Å²) in [4.78, 5) is 0. The molecular weight excluding hydrogens is 219 g/mol. The van der Waals surface area contributed by atoms with E-state index in [1.165, 1.54) is 11.1 Å². The Morgan fingerprint density at radius 1 is 1.25 bits per heavy atom. The quantitative estimate of drug-likeness (QED) is 0.597. The van der Waals surface area contributed by atoms with Crippen LogP contribution in [-0.2, 0) is 12.8 Å². The minimum atomic E-state index is -0.177. The van der Waals surface area contributed by atoms with Crippen molar-refractivity contribution in [2.45, 2.75) is 12.8 Å². The lowest BCUT2D eigenvalue weighted by Gasteiger charge is -1.99. The number of halogens is 2. The van der Waals surface area contributed by atoms with Gasteiger partial charge in [0.1, 0.15) is 5.82 Å². The summed E-state index contributed by atoms with van der Waals surface area (Å²) >= 11 is 3.16. The monoisotopic (exact) mass is 226 g/mol. The summed E-state index contributed by atoms with van der Waals surface area (Å²) in [7, 11) is 0. The van der Waals surface area contributed by atoms with Crippen molar-refractivity contribution in [2.75, 3.05) is 0 Å². The molecule has 0 aliphatic heterocycles. The van der Waals surface area contributed by atoms with Crippen molar-refractivity contribution >= 4 is 15.9 Å². The van der Waals surface area contributed by atoms with Crippen molar-refractivity contribution in [3.05, 3.63) is 45.7 Å². The number of fused-ring (bicyclic) bond motifs is 1. The lowest BCUT2D eigenvalue weighted by Crippen LogP contribution is -1.85. The van der Waals surface area contributed by atoms with E-state index in [9.17, 15) is 4.39 Å². The molecule has 62 valence electrons. The van der Waals surface area contributed by atoms with Gasteiger partial charge >= 0.3 is 0 Å². The van der Waals surface area contributed by atoms with E-state index in [-0.39, 0.29) is 5.82 Å². The van der Waals surface area contributed by atoms with Gasteiger partial charge in [-0.15, -0.1) is 0 Å². The summed E-state index contributed by atoms with van der Waals surface area (Å²) in [6.45, 7) is 3.89. The summed E-state index contributed by atoms with van der Waals surface area (Å²) in [5.41, 5.74) is 3.46. The maximum atomic E-state index is 13.0. The third-order valence-electron chi connectivity index (χ3n) is 2.12. The van der Waals surface area contributed by atoms with Gasteiger partial charge < -0.3 is 0 Å². The van der Waals surface area contributed by atoms with Gasteiger partial charge in [0.2, 0.25) is 0 Å². The molecule has 1 aromatic carbocycles. The van der Waals surface area contributed by atoms with Crippen LogP contribution in [0.25, 0.3) is 0 Å². The van der Waals surface area contributed by atoms with Gasteiger partial charge in [-0.2, -0.15) is 0 Å². The van der Waals surface area contributed by atoms with Crippen LogP contribution in [0.3, 0.4) is 0 Å². The largest absolute Gasteiger partial charge is 0.206 e.